The average molecular weight is 469 g/mol. The average Bonchev–Trinajstić information content (AvgIpc) is 3.04. The molecule has 0 unspecified atom stereocenters. The molecule has 0 saturated heterocycles. The van der Waals surface area contributed by atoms with Crippen LogP contribution in [0.3, 0.4) is 0 Å². The van der Waals surface area contributed by atoms with Crippen LogP contribution >= 0.6 is 46.3 Å². The van der Waals surface area contributed by atoms with Crippen molar-refractivity contribution in [1.82, 2.24) is 4.57 Å². The van der Waals surface area contributed by atoms with Crippen LogP contribution in [-0.4, -0.2) is 35.1 Å². The summed E-state index contributed by atoms with van der Waals surface area (Å²) in [6, 6.07) is 10.1. The third-order valence-corrected chi connectivity index (χ3v) is 6.27. The van der Waals surface area contributed by atoms with Crippen molar-refractivity contribution in [3.05, 3.63) is 62.4 Å². The van der Waals surface area contributed by atoms with Gasteiger partial charge in [0.25, 0.3) is 5.91 Å². The third-order valence-electron chi connectivity index (χ3n) is 4.07. The van der Waals surface area contributed by atoms with Gasteiger partial charge in [-0.05, 0) is 49.6 Å². The van der Waals surface area contributed by atoms with Crippen molar-refractivity contribution in [3.8, 4) is 0 Å². The van der Waals surface area contributed by atoms with E-state index in [-0.39, 0.29) is 11.5 Å². The third kappa shape index (κ3) is 5.04. The molecule has 3 aromatic rings. The first-order valence-electron chi connectivity index (χ1n) is 8.78. The normalized spacial score (nSPS) is 11.8. The molecule has 1 aromatic heterocycles. The highest BCUT2D eigenvalue weighted by molar-refractivity contribution is 7.98. The molecule has 1 heterocycles. The molecule has 0 aliphatic rings. The van der Waals surface area contributed by atoms with Crippen molar-refractivity contribution in [2.24, 2.45) is 4.99 Å². The monoisotopic (exact) mass is 468 g/mol. The number of halogens is 2. The molecule has 0 aliphatic heterocycles. The van der Waals surface area contributed by atoms with E-state index in [9.17, 15) is 9.59 Å². The molecule has 29 heavy (non-hydrogen) atoms. The number of rotatable bonds is 6. The molecule has 0 spiro atoms. The Labute approximate surface area is 186 Å². The summed E-state index contributed by atoms with van der Waals surface area (Å²) >= 11 is 15.2. The van der Waals surface area contributed by atoms with Crippen LogP contribution in [0.5, 0.6) is 0 Å². The lowest BCUT2D eigenvalue weighted by molar-refractivity contribution is 0.0526. The number of benzene rings is 2. The number of carbonyl (C=O) groups excluding carboxylic acids is 2. The van der Waals surface area contributed by atoms with Crippen molar-refractivity contribution in [2.45, 2.75) is 13.5 Å². The minimum absolute atomic E-state index is 0.250. The summed E-state index contributed by atoms with van der Waals surface area (Å²) < 4.78 is 7.90. The molecule has 2 aromatic carbocycles. The molecular formula is C20H18Cl2N2O3S2. The zero-order chi connectivity index (χ0) is 21.0. The van der Waals surface area contributed by atoms with E-state index >= 15 is 0 Å². The molecule has 0 saturated carbocycles. The van der Waals surface area contributed by atoms with E-state index in [0.29, 0.717) is 33.6 Å². The second-order valence-corrected chi connectivity index (χ2v) is 8.81. The van der Waals surface area contributed by atoms with Crippen molar-refractivity contribution in [1.29, 1.82) is 0 Å². The summed E-state index contributed by atoms with van der Waals surface area (Å²) in [6.07, 6.45) is 2.02. The van der Waals surface area contributed by atoms with Gasteiger partial charge in [-0.3, -0.25) is 4.79 Å². The maximum Gasteiger partial charge on any atom is 0.338 e. The van der Waals surface area contributed by atoms with Gasteiger partial charge in [-0.15, -0.1) is 0 Å². The van der Waals surface area contributed by atoms with E-state index in [4.69, 9.17) is 27.9 Å². The maximum absolute atomic E-state index is 12.8. The molecule has 1 amide bonds. The van der Waals surface area contributed by atoms with Crippen LogP contribution in [-0.2, 0) is 11.3 Å². The predicted molar refractivity (Wildman–Crippen MR) is 121 cm³/mol. The molecule has 0 atom stereocenters. The number of esters is 1. The Hall–Kier alpha value is -1.80. The van der Waals surface area contributed by atoms with Crippen molar-refractivity contribution in [3.63, 3.8) is 0 Å². The Morgan fingerprint density at radius 2 is 2.00 bits per heavy atom. The van der Waals surface area contributed by atoms with Gasteiger partial charge in [-0.1, -0.05) is 34.5 Å². The Kier molecular flexibility index (Phi) is 7.40. The molecule has 0 radical (unpaired) electrons. The Morgan fingerprint density at radius 1 is 1.21 bits per heavy atom. The lowest BCUT2D eigenvalue weighted by Crippen LogP contribution is -2.18. The number of fused-ring (bicyclic) bond motifs is 1. The topological polar surface area (TPSA) is 60.7 Å². The van der Waals surface area contributed by atoms with Gasteiger partial charge in [0, 0.05) is 17.3 Å². The van der Waals surface area contributed by atoms with Crippen molar-refractivity contribution < 1.29 is 14.3 Å². The number of aryl methyl sites for hydroxylation is 1. The van der Waals surface area contributed by atoms with Crippen molar-refractivity contribution >= 4 is 68.4 Å². The number of aromatic nitrogens is 1. The van der Waals surface area contributed by atoms with Gasteiger partial charge in [0.2, 0.25) is 0 Å². The maximum atomic E-state index is 12.8. The molecule has 152 valence electrons. The molecular weight excluding hydrogens is 451 g/mol. The highest BCUT2D eigenvalue weighted by Gasteiger charge is 2.14. The predicted octanol–water partition coefficient (Wildman–Crippen LogP) is 5.29. The van der Waals surface area contributed by atoms with Gasteiger partial charge in [0.1, 0.15) is 0 Å². The molecule has 5 nitrogen and oxygen atoms in total. The lowest BCUT2D eigenvalue weighted by Gasteiger charge is -2.05. The van der Waals surface area contributed by atoms with E-state index in [2.05, 4.69) is 4.99 Å². The van der Waals surface area contributed by atoms with Gasteiger partial charge in [-0.25, -0.2) is 4.79 Å². The second-order valence-electron chi connectivity index (χ2n) is 5.97. The molecule has 0 bridgehead atoms. The fraction of sp³-hybridized carbons (Fsp3) is 0.250. The van der Waals surface area contributed by atoms with E-state index in [1.54, 1.807) is 43.0 Å². The van der Waals surface area contributed by atoms with Crippen LogP contribution in [0.1, 0.15) is 27.6 Å². The zero-order valence-corrected chi connectivity index (χ0v) is 18.9. The molecule has 0 aliphatic carbocycles. The number of amides is 1. The Morgan fingerprint density at radius 3 is 2.72 bits per heavy atom. The SMILES string of the molecule is CCOC(=O)c1ccc2c(c1)sc(=NC(=O)c1cc(Cl)ccc1Cl)n2CCSC. The number of hydrogen-bond acceptors (Lipinski definition) is 5. The number of carbonyl (C=O) groups is 2. The van der Waals surface area contributed by atoms with E-state index in [1.165, 1.54) is 17.4 Å². The fourth-order valence-corrected chi connectivity index (χ4v) is 4.54. The summed E-state index contributed by atoms with van der Waals surface area (Å²) in [5.74, 6) is 0.0106. The van der Waals surface area contributed by atoms with Crippen LogP contribution < -0.4 is 4.80 Å². The number of ether oxygens (including phenoxy) is 1. The van der Waals surface area contributed by atoms with Gasteiger partial charge >= 0.3 is 5.97 Å². The molecule has 9 heteroatoms. The highest BCUT2D eigenvalue weighted by atomic mass is 35.5. The van der Waals surface area contributed by atoms with Crippen LogP contribution in [0.25, 0.3) is 10.2 Å². The van der Waals surface area contributed by atoms with Gasteiger partial charge in [0.15, 0.2) is 4.80 Å². The highest BCUT2D eigenvalue weighted by Crippen LogP contribution is 2.23. The van der Waals surface area contributed by atoms with Crippen LogP contribution in [0.2, 0.25) is 10.0 Å². The van der Waals surface area contributed by atoms with Crippen LogP contribution in [0, 0.1) is 0 Å². The molecule has 0 fully saturated rings. The van der Waals surface area contributed by atoms with Gasteiger partial charge in [-0.2, -0.15) is 16.8 Å². The zero-order valence-electron chi connectivity index (χ0n) is 15.8. The largest absolute Gasteiger partial charge is 0.462 e. The van der Waals surface area contributed by atoms with E-state index in [1.807, 2.05) is 16.9 Å². The first-order valence-corrected chi connectivity index (χ1v) is 11.7. The summed E-state index contributed by atoms with van der Waals surface area (Å²) in [6.45, 7) is 2.75. The first-order chi connectivity index (χ1) is 13.9. The number of nitrogens with zero attached hydrogens (tertiary/aromatic N) is 2. The number of thioether (sulfide) groups is 1. The van der Waals surface area contributed by atoms with Gasteiger partial charge < -0.3 is 9.30 Å². The minimum atomic E-state index is -0.465. The van der Waals surface area contributed by atoms with E-state index in [0.717, 1.165) is 16.0 Å². The second kappa shape index (κ2) is 9.80. The molecule has 0 N–H and O–H groups in total. The smallest absolute Gasteiger partial charge is 0.338 e. The first kappa shape index (κ1) is 21.9. The summed E-state index contributed by atoms with van der Waals surface area (Å²) in [4.78, 5) is 29.7. The molecule has 3 rings (SSSR count). The summed E-state index contributed by atoms with van der Waals surface area (Å²) in [7, 11) is 0. The standard InChI is InChI=1S/C20H18Cl2N2O3S2/c1-3-27-19(26)12-4-7-16-17(10-12)29-20(24(16)8-9-28-2)23-18(25)14-11-13(21)5-6-15(14)22/h4-7,10-11H,3,8-9H2,1-2H3. The summed E-state index contributed by atoms with van der Waals surface area (Å²) in [5.41, 5.74) is 1.62. The lowest BCUT2D eigenvalue weighted by atomic mass is 10.2. The Bertz CT molecular complexity index is 1140. The quantitative estimate of drug-likeness (QED) is 0.461. The van der Waals surface area contributed by atoms with Gasteiger partial charge in [0.05, 0.1) is 33.0 Å². The summed E-state index contributed by atoms with van der Waals surface area (Å²) in [5, 5.41) is 0.711. The number of hydrogen-bond donors (Lipinski definition) is 0. The van der Waals surface area contributed by atoms with Crippen LogP contribution in [0.15, 0.2) is 41.4 Å². The minimum Gasteiger partial charge on any atom is -0.462 e. The Balaban J connectivity index is 2.11. The van der Waals surface area contributed by atoms with Crippen LogP contribution in [0.4, 0.5) is 0 Å². The number of thiazole rings is 1. The van der Waals surface area contributed by atoms with E-state index < -0.39 is 5.91 Å². The van der Waals surface area contributed by atoms with Crippen molar-refractivity contribution in [2.75, 3.05) is 18.6 Å². The fourth-order valence-electron chi connectivity index (χ4n) is 2.71.